The zero-order valence-electron chi connectivity index (χ0n) is 23.1. The lowest BCUT2D eigenvalue weighted by molar-refractivity contribution is -0.384. The molecule has 0 aromatic heterocycles. The number of nitro benzene ring substituents is 1. The molecule has 2 aromatic rings. The minimum atomic E-state index is -0.855. The van der Waals surface area contributed by atoms with Gasteiger partial charge in [-0.15, -0.1) is 0 Å². The Morgan fingerprint density at radius 1 is 0.949 bits per heavy atom. The maximum absolute atomic E-state index is 13.3. The zero-order valence-corrected chi connectivity index (χ0v) is 23.1. The first kappa shape index (κ1) is 29.6. The van der Waals surface area contributed by atoms with Crippen LogP contribution in [0.1, 0.15) is 56.6 Å². The van der Waals surface area contributed by atoms with Gasteiger partial charge < -0.3 is 19.7 Å². The lowest BCUT2D eigenvalue weighted by Crippen LogP contribution is -2.32. The monoisotopic (exact) mass is 535 g/mol. The number of dihydropyridines is 1. The molecule has 1 heterocycles. The minimum Gasteiger partial charge on any atom is -0.466 e. The number of hydrogen-bond donors (Lipinski definition) is 1. The van der Waals surface area contributed by atoms with E-state index < -0.39 is 22.8 Å². The summed E-state index contributed by atoms with van der Waals surface area (Å²) in [4.78, 5) is 39.2. The van der Waals surface area contributed by atoms with E-state index >= 15 is 0 Å². The molecule has 0 saturated heterocycles. The molecule has 0 spiro atoms. The number of hydrogen-bond acceptors (Lipinski definition) is 8. The number of nitrogens with zero attached hydrogens (tertiary/aromatic N) is 2. The summed E-state index contributed by atoms with van der Waals surface area (Å²) in [6, 6.07) is 16.3. The van der Waals surface area contributed by atoms with Crippen molar-refractivity contribution in [2.24, 2.45) is 0 Å². The third-order valence-electron chi connectivity index (χ3n) is 6.76. The van der Waals surface area contributed by atoms with Crippen LogP contribution in [-0.4, -0.2) is 49.1 Å². The second-order valence-electron chi connectivity index (χ2n) is 9.75. The number of rotatable bonds is 13. The number of nitro groups is 1. The summed E-state index contributed by atoms with van der Waals surface area (Å²) in [5, 5.41) is 14.5. The standard InChI is InChI=1S/C30H37N3O6/c1-21-26(29(34)38-4)28(24-15-12-16-25(19-24)33(36)37)27(22(2)31-21)30(35)39-18-11-6-5-10-17-32(3)20-23-13-8-7-9-14-23/h7-9,12-16,19,28,31H,5-6,10-11,17-18,20H2,1-4H3. The predicted molar refractivity (Wildman–Crippen MR) is 149 cm³/mol. The number of non-ortho nitro benzene ring substituents is 1. The number of allylic oxidation sites excluding steroid dienone is 2. The van der Waals surface area contributed by atoms with Gasteiger partial charge in [0, 0.05) is 30.1 Å². The molecule has 1 N–H and O–H groups in total. The molecule has 0 radical (unpaired) electrons. The fraction of sp³-hybridized carbons (Fsp3) is 0.400. The smallest absolute Gasteiger partial charge is 0.336 e. The first-order valence-corrected chi connectivity index (χ1v) is 13.1. The molecule has 9 heteroatoms. The van der Waals surface area contributed by atoms with Gasteiger partial charge in [0.15, 0.2) is 0 Å². The van der Waals surface area contributed by atoms with Crippen LogP contribution in [0.2, 0.25) is 0 Å². The number of carbonyl (C=O) groups excluding carboxylic acids is 2. The second kappa shape index (κ2) is 14.2. The molecule has 208 valence electrons. The number of ether oxygens (including phenoxy) is 2. The maximum Gasteiger partial charge on any atom is 0.336 e. The average Bonchev–Trinajstić information content (AvgIpc) is 2.92. The van der Waals surface area contributed by atoms with E-state index in [0.717, 1.165) is 32.4 Å². The fourth-order valence-corrected chi connectivity index (χ4v) is 4.85. The molecular weight excluding hydrogens is 498 g/mol. The van der Waals surface area contributed by atoms with Crippen molar-refractivity contribution in [1.82, 2.24) is 10.2 Å². The average molecular weight is 536 g/mol. The molecule has 0 bridgehead atoms. The summed E-state index contributed by atoms with van der Waals surface area (Å²) in [5.41, 5.74) is 3.11. The van der Waals surface area contributed by atoms with Gasteiger partial charge in [0.1, 0.15) is 0 Å². The number of nitrogens with one attached hydrogen (secondary N) is 1. The molecule has 1 aliphatic heterocycles. The summed E-state index contributed by atoms with van der Waals surface area (Å²) < 4.78 is 10.6. The molecule has 2 aromatic carbocycles. The predicted octanol–water partition coefficient (Wildman–Crippen LogP) is 5.24. The van der Waals surface area contributed by atoms with E-state index in [0.29, 0.717) is 23.4 Å². The molecule has 3 rings (SSSR count). The minimum absolute atomic E-state index is 0.132. The van der Waals surface area contributed by atoms with E-state index in [4.69, 9.17) is 9.47 Å². The zero-order chi connectivity index (χ0) is 28.4. The Hall–Kier alpha value is -3.98. The van der Waals surface area contributed by atoms with Crippen molar-refractivity contribution in [2.75, 3.05) is 27.3 Å². The highest BCUT2D eigenvalue weighted by atomic mass is 16.6. The normalized spacial score (nSPS) is 15.3. The Morgan fingerprint density at radius 2 is 1.62 bits per heavy atom. The molecule has 0 aliphatic carbocycles. The van der Waals surface area contributed by atoms with E-state index in [1.165, 1.54) is 30.9 Å². The van der Waals surface area contributed by atoms with E-state index in [2.05, 4.69) is 29.4 Å². The van der Waals surface area contributed by atoms with Crippen LogP contribution in [0.25, 0.3) is 0 Å². The SMILES string of the molecule is COC(=O)C1=C(C)NC(C)=C(C(=O)OCCCCCCN(C)Cc2ccccc2)C1c1cccc([N+](=O)[O-])c1. The van der Waals surface area contributed by atoms with Gasteiger partial charge in [-0.25, -0.2) is 9.59 Å². The molecule has 0 saturated carbocycles. The molecule has 1 atom stereocenters. The van der Waals surface area contributed by atoms with Gasteiger partial charge in [-0.2, -0.15) is 0 Å². The van der Waals surface area contributed by atoms with Crippen molar-refractivity contribution in [3.05, 3.63) is 98.4 Å². The van der Waals surface area contributed by atoms with Gasteiger partial charge in [0.05, 0.1) is 35.7 Å². The molecule has 1 unspecified atom stereocenters. The van der Waals surface area contributed by atoms with Crippen LogP contribution in [0.4, 0.5) is 5.69 Å². The fourth-order valence-electron chi connectivity index (χ4n) is 4.85. The van der Waals surface area contributed by atoms with Crippen LogP contribution in [0.3, 0.4) is 0 Å². The van der Waals surface area contributed by atoms with Crippen LogP contribution in [0, 0.1) is 10.1 Å². The van der Waals surface area contributed by atoms with Gasteiger partial charge in [-0.05, 0) is 51.4 Å². The van der Waals surface area contributed by atoms with Crippen molar-refractivity contribution < 1.29 is 24.0 Å². The maximum atomic E-state index is 13.3. The number of unbranched alkanes of at least 4 members (excludes halogenated alkanes) is 3. The Labute approximate surface area is 229 Å². The number of benzene rings is 2. The summed E-state index contributed by atoms with van der Waals surface area (Å²) in [6.07, 6.45) is 3.70. The largest absolute Gasteiger partial charge is 0.466 e. The molecule has 0 fully saturated rings. The van der Waals surface area contributed by atoms with Crippen LogP contribution in [0.5, 0.6) is 0 Å². The number of esters is 2. The van der Waals surface area contributed by atoms with Crippen LogP contribution < -0.4 is 5.32 Å². The van der Waals surface area contributed by atoms with Crippen molar-refractivity contribution in [1.29, 1.82) is 0 Å². The number of carbonyl (C=O) groups is 2. The van der Waals surface area contributed by atoms with Crippen LogP contribution in [0.15, 0.2) is 77.1 Å². The van der Waals surface area contributed by atoms with Gasteiger partial charge in [0.25, 0.3) is 5.69 Å². The van der Waals surface area contributed by atoms with Gasteiger partial charge in [-0.3, -0.25) is 10.1 Å². The summed E-state index contributed by atoms with van der Waals surface area (Å²) in [6.45, 7) is 5.57. The first-order chi connectivity index (χ1) is 18.7. The van der Waals surface area contributed by atoms with Gasteiger partial charge in [-0.1, -0.05) is 55.3 Å². The van der Waals surface area contributed by atoms with E-state index in [1.807, 2.05) is 18.2 Å². The lowest BCUT2D eigenvalue weighted by Gasteiger charge is -2.30. The topological polar surface area (TPSA) is 111 Å². The van der Waals surface area contributed by atoms with E-state index in [1.54, 1.807) is 19.9 Å². The Morgan fingerprint density at radius 3 is 2.28 bits per heavy atom. The van der Waals surface area contributed by atoms with Crippen molar-refractivity contribution in [3.63, 3.8) is 0 Å². The molecule has 1 aliphatic rings. The molecule has 9 nitrogen and oxygen atoms in total. The first-order valence-electron chi connectivity index (χ1n) is 13.1. The Bertz CT molecular complexity index is 1240. The Kier molecular flexibility index (Phi) is 10.8. The van der Waals surface area contributed by atoms with E-state index in [-0.39, 0.29) is 23.4 Å². The highest BCUT2D eigenvalue weighted by molar-refractivity contribution is 5.99. The summed E-state index contributed by atoms with van der Waals surface area (Å²) in [5.74, 6) is -2.04. The van der Waals surface area contributed by atoms with Crippen molar-refractivity contribution >= 4 is 17.6 Å². The lowest BCUT2D eigenvalue weighted by atomic mass is 9.80. The highest BCUT2D eigenvalue weighted by Crippen LogP contribution is 2.40. The molecule has 0 amide bonds. The summed E-state index contributed by atoms with van der Waals surface area (Å²) >= 11 is 0. The number of methoxy groups -OCH3 is 1. The second-order valence-corrected chi connectivity index (χ2v) is 9.75. The molecular formula is C30H37N3O6. The quantitative estimate of drug-likeness (QED) is 0.160. The Balaban J connectivity index is 1.59. The van der Waals surface area contributed by atoms with Crippen LogP contribution >= 0.6 is 0 Å². The van der Waals surface area contributed by atoms with Crippen molar-refractivity contribution in [2.45, 2.75) is 52.0 Å². The molecule has 39 heavy (non-hydrogen) atoms. The third kappa shape index (κ3) is 8.00. The highest BCUT2D eigenvalue weighted by Gasteiger charge is 2.38. The van der Waals surface area contributed by atoms with Crippen molar-refractivity contribution in [3.8, 4) is 0 Å². The van der Waals surface area contributed by atoms with E-state index in [9.17, 15) is 19.7 Å². The third-order valence-corrected chi connectivity index (χ3v) is 6.76. The van der Waals surface area contributed by atoms with Gasteiger partial charge >= 0.3 is 11.9 Å². The van der Waals surface area contributed by atoms with Gasteiger partial charge in [0.2, 0.25) is 0 Å². The summed E-state index contributed by atoms with van der Waals surface area (Å²) in [7, 11) is 3.37. The van der Waals surface area contributed by atoms with Crippen LogP contribution in [-0.2, 0) is 25.6 Å².